The van der Waals surface area contributed by atoms with E-state index in [0.29, 0.717) is 0 Å². The average Bonchev–Trinajstić information content (AvgIpc) is 3.41. The number of nitrogen functional groups attached to an aromatic ring is 1. The van der Waals surface area contributed by atoms with Gasteiger partial charge in [0.1, 0.15) is 41.1 Å². The molecule has 44 heavy (non-hydrogen) atoms. The monoisotopic (exact) mass is 699 g/mol. The highest BCUT2D eigenvalue weighted by Gasteiger charge is 2.63. The predicted molar refractivity (Wildman–Crippen MR) is 165 cm³/mol. The molecule has 248 valence electrons. The van der Waals surface area contributed by atoms with Crippen molar-refractivity contribution in [3.63, 3.8) is 0 Å². The molecule has 2 aliphatic rings. The molecule has 2 saturated heterocycles. The first-order chi connectivity index (χ1) is 20.2. The Morgan fingerprint density at radius 2 is 1.64 bits per heavy atom. The molecule has 4 unspecified atom stereocenters. The number of hydrogen-bond acceptors (Lipinski definition) is 11. The summed E-state index contributed by atoms with van der Waals surface area (Å²) in [5.41, 5.74) is 6.16. The fraction of sp³-hybridized carbons (Fsp3) is 0.720. The molecule has 0 aliphatic carbocycles. The SMILES string of the molecule is CC(C)[Si]1(C(C)C)OCC2OC(n3cc(C(N)=S)c4c(N)ncnc43)C(OS(=O)(=O)C(F)(F)F)C2O[Si](C(C)C)(C(C)C)O1. The van der Waals surface area contributed by atoms with Crippen LogP contribution in [0.1, 0.15) is 67.2 Å². The molecule has 0 radical (unpaired) electrons. The minimum atomic E-state index is -6.13. The van der Waals surface area contributed by atoms with Gasteiger partial charge < -0.3 is 33.7 Å². The summed E-state index contributed by atoms with van der Waals surface area (Å²) in [6.45, 7) is 15.6. The van der Waals surface area contributed by atoms with E-state index in [1.165, 1.54) is 10.8 Å². The molecule has 4 N–H and O–H groups in total. The van der Waals surface area contributed by atoms with Crippen LogP contribution in [0.2, 0.25) is 22.2 Å². The molecule has 0 aromatic carbocycles. The highest BCUT2D eigenvalue weighted by atomic mass is 32.2. The third kappa shape index (κ3) is 5.83. The van der Waals surface area contributed by atoms with Gasteiger partial charge in [-0.3, -0.25) is 4.18 Å². The van der Waals surface area contributed by atoms with Gasteiger partial charge in [-0.1, -0.05) is 67.6 Å². The molecule has 4 heterocycles. The zero-order valence-electron chi connectivity index (χ0n) is 25.8. The Hall–Kier alpha value is -1.72. The van der Waals surface area contributed by atoms with Crippen LogP contribution in [-0.2, 0) is 32.0 Å². The Kier molecular flexibility index (Phi) is 9.70. The number of halogens is 3. The number of nitrogens with zero attached hydrogens (tertiary/aromatic N) is 3. The lowest BCUT2D eigenvalue weighted by atomic mass is 10.1. The van der Waals surface area contributed by atoms with Crippen molar-refractivity contribution in [1.29, 1.82) is 0 Å². The highest BCUT2D eigenvalue weighted by molar-refractivity contribution is 7.87. The third-order valence-electron chi connectivity index (χ3n) is 8.32. The summed E-state index contributed by atoms with van der Waals surface area (Å²) in [6.07, 6.45) is -3.22. The fourth-order valence-corrected chi connectivity index (χ4v) is 18.1. The second-order valence-electron chi connectivity index (χ2n) is 12.4. The Morgan fingerprint density at radius 1 is 1.07 bits per heavy atom. The molecule has 2 fully saturated rings. The van der Waals surface area contributed by atoms with Gasteiger partial charge in [0.25, 0.3) is 0 Å². The number of alkyl halides is 3. The van der Waals surface area contributed by atoms with Crippen LogP contribution in [-0.4, -0.2) is 75.5 Å². The molecule has 0 spiro atoms. The van der Waals surface area contributed by atoms with Gasteiger partial charge in [0, 0.05) is 11.8 Å². The van der Waals surface area contributed by atoms with Crippen LogP contribution < -0.4 is 11.5 Å². The summed E-state index contributed by atoms with van der Waals surface area (Å²) in [7, 11) is -12.6. The first-order valence-electron chi connectivity index (χ1n) is 14.3. The van der Waals surface area contributed by atoms with Crippen LogP contribution in [0, 0.1) is 0 Å². The van der Waals surface area contributed by atoms with Crippen molar-refractivity contribution < 1.29 is 43.5 Å². The maximum absolute atomic E-state index is 13.8. The van der Waals surface area contributed by atoms with Gasteiger partial charge in [-0.25, -0.2) is 9.97 Å². The minimum Gasteiger partial charge on any atom is -0.414 e. The van der Waals surface area contributed by atoms with Gasteiger partial charge in [-0.2, -0.15) is 21.6 Å². The number of nitrogens with two attached hydrogens (primary N) is 2. The van der Waals surface area contributed by atoms with E-state index in [1.54, 1.807) is 0 Å². The van der Waals surface area contributed by atoms with Crippen molar-refractivity contribution in [2.45, 2.75) is 108 Å². The molecule has 19 heteroatoms. The van der Waals surface area contributed by atoms with E-state index in [0.717, 1.165) is 6.33 Å². The van der Waals surface area contributed by atoms with Gasteiger partial charge in [0.05, 0.1) is 12.0 Å². The normalized spacial score (nSPS) is 26.0. The van der Waals surface area contributed by atoms with Crippen molar-refractivity contribution in [2.75, 3.05) is 12.3 Å². The Labute approximate surface area is 262 Å². The second kappa shape index (κ2) is 12.1. The van der Waals surface area contributed by atoms with Crippen molar-refractivity contribution >= 4 is 61.3 Å². The van der Waals surface area contributed by atoms with E-state index < -0.39 is 57.3 Å². The van der Waals surface area contributed by atoms with Crippen LogP contribution in [0.5, 0.6) is 0 Å². The lowest BCUT2D eigenvalue weighted by Gasteiger charge is -2.51. The van der Waals surface area contributed by atoms with Crippen LogP contribution in [0.4, 0.5) is 19.0 Å². The second-order valence-corrected chi connectivity index (χ2v) is 23.2. The highest BCUT2D eigenvalue weighted by Crippen LogP contribution is 2.50. The molecule has 2 aromatic rings. The number of fused-ring (bicyclic) bond motifs is 2. The van der Waals surface area contributed by atoms with E-state index >= 15 is 0 Å². The van der Waals surface area contributed by atoms with E-state index in [-0.39, 0.29) is 56.2 Å². The van der Waals surface area contributed by atoms with Gasteiger partial charge in [0.15, 0.2) is 6.23 Å². The quantitative estimate of drug-likeness (QED) is 0.169. The molecular weight excluding hydrogens is 660 g/mol. The number of hydrogen-bond donors (Lipinski definition) is 2. The largest absolute Gasteiger partial charge is 0.523 e. The predicted octanol–water partition coefficient (Wildman–Crippen LogP) is 4.74. The molecule has 2 aromatic heterocycles. The number of ether oxygens (including phenoxy) is 1. The Balaban J connectivity index is 1.97. The number of thiocarbonyl (C=S) groups is 1. The molecule has 0 amide bonds. The Bertz CT molecular complexity index is 1490. The standard InChI is InChI=1S/C25H40F3N5O7S2Si2/c1-12(2)43(13(3)4)36-10-17-19(39-44(40-43,14(5)6)15(7)8)20(38-42(34,35)25(26,27)28)24(37-17)33-9-16(22(30)41)18-21(29)31-11-32-23(18)33/h9,11-15,17,19-20,24H,10H2,1-8H3,(H2,30,41)(H2,29,31,32). The number of anilines is 1. The molecular formula is C25H40F3N5O7S2Si2. The summed E-state index contributed by atoms with van der Waals surface area (Å²) >= 11 is 5.19. The molecule has 0 saturated carbocycles. The molecule has 12 nitrogen and oxygen atoms in total. The number of rotatable bonds is 8. The number of aromatic nitrogens is 3. The summed E-state index contributed by atoms with van der Waals surface area (Å²) in [6, 6.07) is 0. The first kappa shape index (κ1) is 35.1. The van der Waals surface area contributed by atoms with Gasteiger partial charge in [-0.15, -0.1) is 0 Å². The van der Waals surface area contributed by atoms with Crippen molar-refractivity contribution in [3.05, 3.63) is 18.1 Å². The maximum Gasteiger partial charge on any atom is 0.523 e. The maximum atomic E-state index is 13.8. The molecule has 4 atom stereocenters. The van der Waals surface area contributed by atoms with Crippen molar-refractivity contribution in [2.24, 2.45) is 5.73 Å². The van der Waals surface area contributed by atoms with Crippen molar-refractivity contribution in [1.82, 2.24) is 14.5 Å². The summed E-state index contributed by atoms with van der Waals surface area (Å²) < 4.78 is 99.8. The van der Waals surface area contributed by atoms with E-state index in [9.17, 15) is 21.6 Å². The van der Waals surface area contributed by atoms with Crippen LogP contribution in [0.15, 0.2) is 12.5 Å². The lowest BCUT2D eigenvalue weighted by Crippen LogP contribution is -2.66. The molecule has 0 bridgehead atoms. The fourth-order valence-electron chi connectivity index (χ4n) is 6.14. The molecule has 2 aliphatic heterocycles. The third-order valence-corrected chi connectivity index (χ3v) is 19.8. The van der Waals surface area contributed by atoms with Gasteiger partial charge in [0.2, 0.25) is 0 Å². The van der Waals surface area contributed by atoms with Gasteiger partial charge >= 0.3 is 32.7 Å². The van der Waals surface area contributed by atoms with Crippen LogP contribution >= 0.6 is 12.2 Å². The lowest BCUT2D eigenvalue weighted by molar-refractivity contribution is -0.0693. The smallest absolute Gasteiger partial charge is 0.414 e. The Morgan fingerprint density at radius 3 is 2.14 bits per heavy atom. The first-order valence-corrected chi connectivity index (χ1v) is 20.0. The van der Waals surface area contributed by atoms with E-state index in [1.807, 2.05) is 55.4 Å². The average molecular weight is 700 g/mol. The summed E-state index contributed by atoms with van der Waals surface area (Å²) in [5.74, 6) is 0.00428. The van der Waals surface area contributed by atoms with Crippen molar-refractivity contribution in [3.8, 4) is 0 Å². The topological polar surface area (TPSA) is 163 Å². The summed E-state index contributed by atoms with van der Waals surface area (Å²) in [4.78, 5) is 8.13. The summed E-state index contributed by atoms with van der Waals surface area (Å²) in [5, 5.41) is 0.227. The van der Waals surface area contributed by atoms with E-state index in [2.05, 4.69) is 9.97 Å². The minimum absolute atomic E-state index is 0.00428. The van der Waals surface area contributed by atoms with Crippen LogP contribution in [0.25, 0.3) is 11.0 Å². The zero-order valence-corrected chi connectivity index (χ0v) is 29.4. The zero-order chi connectivity index (χ0) is 33.2. The molecule has 4 rings (SSSR count). The van der Waals surface area contributed by atoms with Gasteiger partial charge in [-0.05, 0) is 22.2 Å². The van der Waals surface area contributed by atoms with Crippen LogP contribution in [0.3, 0.4) is 0 Å². The van der Waals surface area contributed by atoms with E-state index in [4.69, 9.17) is 45.6 Å².